The molecular weight excluding hydrogens is 304 g/mol. The topological polar surface area (TPSA) is 74.6 Å². The van der Waals surface area contributed by atoms with Gasteiger partial charge in [0.05, 0.1) is 0 Å². The highest BCUT2D eigenvalue weighted by atomic mass is 16.3. The van der Waals surface area contributed by atoms with Crippen LogP contribution in [0.25, 0.3) is 0 Å². The van der Waals surface area contributed by atoms with Gasteiger partial charge in [-0.25, -0.2) is 0 Å². The summed E-state index contributed by atoms with van der Waals surface area (Å²) in [6, 6.07) is 0. The zero-order valence-electron chi connectivity index (χ0n) is 14.8. The largest absolute Gasteiger partial charge is 0.504 e. The van der Waals surface area contributed by atoms with Crippen LogP contribution in [0.4, 0.5) is 0 Å². The summed E-state index contributed by atoms with van der Waals surface area (Å²) in [5.74, 6) is -0.879. The second-order valence-corrected chi connectivity index (χ2v) is 8.11. The van der Waals surface area contributed by atoms with Gasteiger partial charge in [-0.1, -0.05) is 52.3 Å². The van der Waals surface area contributed by atoms with Crippen molar-refractivity contribution in [2.24, 2.45) is 16.7 Å². The predicted octanol–water partition coefficient (Wildman–Crippen LogP) is 3.20. The summed E-state index contributed by atoms with van der Waals surface area (Å²) >= 11 is 0. The van der Waals surface area contributed by atoms with E-state index >= 15 is 0 Å². The number of Topliss-reactive ketones (excluding diaryl/α,β-unsaturated/α-hetero) is 2. The van der Waals surface area contributed by atoms with Crippen molar-refractivity contribution in [1.82, 2.24) is 0 Å². The van der Waals surface area contributed by atoms with Crippen LogP contribution in [0.1, 0.15) is 41.0 Å². The van der Waals surface area contributed by atoms with Gasteiger partial charge in [-0.05, 0) is 17.6 Å². The Morgan fingerprint density at radius 2 is 1.79 bits per heavy atom. The molecule has 0 aliphatic heterocycles. The van der Waals surface area contributed by atoms with E-state index in [1.807, 2.05) is 52.8 Å². The second kappa shape index (κ2) is 5.03. The van der Waals surface area contributed by atoms with Crippen LogP contribution in [0.3, 0.4) is 0 Å². The summed E-state index contributed by atoms with van der Waals surface area (Å²) in [5.41, 5.74) is 1.23. The zero-order chi connectivity index (χ0) is 18.0. The monoisotopic (exact) mass is 328 g/mol. The van der Waals surface area contributed by atoms with Crippen molar-refractivity contribution in [3.8, 4) is 0 Å². The Hall–Kier alpha value is -1.94. The third kappa shape index (κ3) is 2.02. The van der Waals surface area contributed by atoms with Crippen LogP contribution in [-0.4, -0.2) is 27.9 Å². The van der Waals surface area contributed by atoms with Crippen LogP contribution >= 0.6 is 0 Å². The number of fused-ring (bicyclic) bond motifs is 3. The molecule has 0 saturated heterocycles. The van der Waals surface area contributed by atoms with Gasteiger partial charge in [-0.15, -0.1) is 0 Å². The van der Waals surface area contributed by atoms with Gasteiger partial charge in [0.1, 0.15) is 6.10 Å². The lowest BCUT2D eigenvalue weighted by Gasteiger charge is -2.50. The number of aliphatic hydroxyl groups is 2. The first-order chi connectivity index (χ1) is 11.0. The third-order valence-corrected chi connectivity index (χ3v) is 5.72. The molecule has 0 aromatic rings. The Balaban J connectivity index is 2.26. The standard InChI is InChI=1S/C20H24O4/c1-10(2)12-8-11-6-7-14-19(3,4)18(24)13(21)9-20(14,5)15(11)17(23)16(12)22/h6-8,10,18,23-24H,9H2,1-5H3/t18-,20-/m0/s1. The van der Waals surface area contributed by atoms with Crippen LogP contribution in [0, 0.1) is 16.7 Å². The molecule has 3 aliphatic rings. The number of aliphatic hydroxyl groups excluding tert-OH is 2. The molecule has 1 saturated carbocycles. The molecule has 4 heteroatoms. The highest BCUT2D eigenvalue weighted by Crippen LogP contribution is 2.58. The normalized spacial score (nSPS) is 32.1. The molecule has 0 unspecified atom stereocenters. The van der Waals surface area contributed by atoms with E-state index < -0.39 is 16.9 Å². The van der Waals surface area contributed by atoms with E-state index in [4.69, 9.17) is 0 Å². The number of allylic oxidation sites excluding steroid dienone is 6. The summed E-state index contributed by atoms with van der Waals surface area (Å²) in [5, 5.41) is 21.0. The smallest absolute Gasteiger partial charge is 0.223 e. The number of carbonyl (C=O) groups excluding carboxylic acids is 2. The number of hydrogen-bond donors (Lipinski definition) is 2. The van der Waals surface area contributed by atoms with Gasteiger partial charge in [-0.3, -0.25) is 9.59 Å². The van der Waals surface area contributed by atoms with E-state index in [-0.39, 0.29) is 29.7 Å². The molecule has 0 heterocycles. The molecule has 3 aliphatic carbocycles. The molecule has 2 N–H and O–H groups in total. The van der Waals surface area contributed by atoms with Crippen LogP contribution in [-0.2, 0) is 9.59 Å². The van der Waals surface area contributed by atoms with Crippen molar-refractivity contribution in [2.45, 2.75) is 47.1 Å². The Bertz CT molecular complexity index is 773. The first-order valence-corrected chi connectivity index (χ1v) is 8.36. The Labute approximate surface area is 142 Å². The highest BCUT2D eigenvalue weighted by Gasteiger charge is 2.55. The number of hydrogen-bond acceptors (Lipinski definition) is 4. The number of ketones is 2. The molecule has 0 amide bonds. The van der Waals surface area contributed by atoms with Gasteiger partial charge >= 0.3 is 0 Å². The summed E-state index contributed by atoms with van der Waals surface area (Å²) in [7, 11) is 0. The van der Waals surface area contributed by atoms with Crippen molar-refractivity contribution >= 4 is 11.6 Å². The fraction of sp³-hybridized carbons (Fsp3) is 0.500. The zero-order valence-corrected chi connectivity index (χ0v) is 14.8. The van der Waals surface area contributed by atoms with Gasteiger partial charge < -0.3 is 10.2 Å². The molecule has 2 atom stereocenters. The van der Waals surface area contributed by atoms with Gasteiger partial charge in [0.25, 0.3) is 0 Å². The maximum Gasteiger partial charge on any atom is 0.223 e. The molecule has 0 radical (unpaired) electrons. The minimum Gasteiger partial charge on any atom is -0.504 e. The van der Waals surface area contributed by atoms with Crippen LogP contribution in [0.15, 0.2) is 46.3 Å². The van der Waals surface area contributed by atoms with E-state index in [1.54, 1.807) is 0 Å². The SMILES string of the molecule is CC(C)C1=CC2=CC=C3C(C)(C)[C@@H](O)C(=O)C[C@]3(C)C2=C(O)C1=O. The van der Waals surface area contributed by atoms with E-state index in [0.29, 0.717) is 11.1 Å². The summed E-state index contributed by atoms with van der Waals surface area (Å²) < 4.78 is 0. The Kier molecular flexibility index (Phi) is 3.54. The Morgan fingerprint density at radius 3 is 2.38 bits per heavy atom. The number of rotatable bonds is 1. The van der Waals surface area contributed by atoms with Crippen LogP contribution in [0.2, 0.25) is 0 Å². The van der Waals surface area contributed by atoms with Gasteiger partial charge in [0.2, 0.25) is 5.78 Å². The molecule has 0 aromatic carbocycles. The highest BCUT2D eigenvalue weighted by molar-refractivity contribution is 6.10. The molecule has 128 valence electrons. The van der Waals surface area contributed by atoms with E-state index in [0.717, 1.165) is 11.1 Å². The molecular formula is C20H24O4. The first kappa shape index (κ1) is 16.9. The molecule has 24 heavy (non-hydrogen) atoms. The van der Waals surface area contributed by atoms with E-state index in [1.165, 1.54) is 0 Å². The van der Waals surface area contributed by atoms with Crippen molar-refractivity contribution in [3.05, 3.63) is 46.3 Å². The second-order valence-electron chi connectivity index (χ2n) is 8.11. The maximum atomic E-state index is 12.6. The summed E-state index contributed by atoms with van der Waals surface area (Å²) in [4.78, 5) is 25.0. The lowest BCUT2D eigenvalue weighted by Crippen LogP contribution is -2.51. The molecule has 1 fully saturated rings. The lowest BCUT2D eigenvalue weighted by molar-refractivity contribution is -0.137. The summed E-state index contributed by atoms with van der Waals surface area (Å²) in [6.07, 6.45) is 4.64. The van der Waals surface area contributed by atoms with Crippen molar-refractivity contribution < 1.29 is 19.8 Å². The average Bonchev–Trinajstić information content (AvgIpc) is 2.47. The molecule has 4 nitrogen and oxygen atoms in total. The van der Waals surface area contributed by atoms with Crippen LogP contribution < -0.4 is 0 Å². The molecule has 0 bridgehead atoms. The van der Waals surface area contributed by atoms with Crippen molar-refractivity contribution in [1.29, 1.82) is 0 Å². The van der Waals surface area contributed by atoms with E-state index in [9.17, 15) is 19.8 Å². The molecule has 3 rings (SSSR count). The quantitative estimate of drug-likeness (QED) is 0.775. The maximum absolute atomic E-state index is 12.6. The van der Waals surface area contributed by atoms with Gasteiger partial charge in [0.15, 0.2) is 11.5 Å². The lowest BCUT2D eigenvalue weighted by atomic mass is 9.53. The third-order valence-electron chi connectivity index (χ3n) is 5.72. The fourth-order valence-electron chi connectivity index (χ4n) is 4.43. The summed E-state index contributed by atoms with van der Waals surface area (Å²) in [6.45, 7) is 9.37. The van der Waals surface area contributed by atoms with Crippen molar-refractivity contribution in [3.63, 3.8) is 0 Å². The minimum atomic E-state index is -1.07. The minimum absolute atomic E-state index is 0.00605. The average molecular weight is 328 g/mol. The molecule has 0 spiro atoms. The predicted molar refractivity (Wildman–Crippen MR) is 91.3 cm³/mol. The van der Waals surface area contributed by atoms with Gasteiger partial charge in [0, 0.05) is 28.4 Å². The van der Waals surface area contributed by atoms with E-state index in [2.05, 4.69) is 0 Å². The molecule has 0 aromatic heterocycles. The van der Waals surface area contributed by atoms with Gasteiger partial charge in [-0.2, -0.15) is 0 Å². The number of carbonyl (C=O) groups is 2. The first-order valence-electron chi connectivity index (χ1n) is 8.36. The van der Waals surface area contributed by atoms with Crippen LogP contribution in [0.5, 0.6) is 0 Å². The van der Waals surface area contributed by atoms with Crippen molar-refractivity contribution in [2.75, 3.05) is 0 Å². The fourth-order valence-corrected chi connectivity index (χ4v) is 4.43. The Morgan fingerprint density at radius 1 is 1.17 bits per heavy atom.